The predicted octanol–water partition coefficient (Wildman–Crippen LogP) is 2.47. The fraction of sp³-hybridized carbons (Fsp3) is 0.500. The Kier molecular flexibility index (Phi) is 4.87. The van der Waals surface area contributed by atoms with Crippen molar-refractivity contribution in [3.63, 3.8) is 0 Å². The summed E-state index contributed by atoms with van der Waals surface area (Å²) in [4.78, 5) is 15.5. The maximum absolute atomic E-state index is 11.3. The SMILES string of the molecule is Br.CCc1c(C(=O)O)nc2ccc(B3OC(C)(C)C(C)(C)O3)cn12. The molecule has 2 aromatic heterocycles. The van der Waals surface area contributed by atoms with Crippen molar-refractivity contribution in [3.05, 3.63) is 29.7 Å². The Bertz CT molecular complexity index is 772. The van der Waals surface area contributed by atoms with Gasteiger partial charge in [-0.15, -0.1) is 17.0 Å². The van der Waals surface area contributed by atoms with Crippen molar-refractivity contribution in [2.45, 2.75) is 52.2 Å². The third kappa shape index (κ3) is 2.87. The maximum atomic E-state index is 11.3. The lowest BCUT2D eigenvalue weighted by Crippen LogP contribution is -2.41. The first kappa shape index (κ1) is 19.0. The van der Waals surface area contributed by atoms with E-state index in [-0.39, 0.29) is 22.7 Å². The second kappa shape index (κ2) is 6.17. The topological polar surface area (TPSA) is 73.1 Å². The van der Waals surface area contributed by atoms with Gasteiger partial charge in [-0.05, 0) is 45.6 Å². The number of hydrogen-bond donors (Lipinski definition) is 1. The van der Waals surface area contributed by atoms with Crippen LogP contribution in [0.5, 0.6) is 0 Å². The number of aryl methyl sites for hydroxylation is 1. The number of imidazole rings is 1. The molecule has 2 aromatic rings. The number of nitrogens with zero attached hydrogens (tertiary/aromatic N) is 2. The van der Waals surface area contributed by atoms with Crippen molar-refractivity contribution in [2.24, 2.45) is 0 Å². The third-order valence-electron chi connectivity index (χ3n) is 4.80. The highest BCUT2D eigenvalue weighted by Crippen LogP contribution is 2.36. The summed E-state index contributed by atoms with van der Waals surface area (Å²) in [6, 6.07) is 3.67. The first-order chi connectivity index (χ1) is 10.7. The molecular weight excluding hydrogens is 375 g/mol. The van der Waals surface area contributed by atoms with Crippen LogP contribution in [0.3, 0.4) is 0 Å². The molecule has 0 amide bonds. The Morgan fingerprint density at radius 2 is 1.83 bits per heavy atom. The van der Waals surface area contributed by atoms with Crippen LogP contribution in [-0.4, -0.2) is 38.8 Å². The van der Waals surface area contributed by atoms with Gasteiger partial charge in [-0.1, -0.05) is 13.0 Å². The molecule has 24 heavy (non-hydrogen) atoms. The van der Waals surface area contributed by atoms with E-state index in [0.29, 0.717) is 17.8 Å². The highest BCUT2D eigenvalue weighted by Gasteiger charge is 2.51. The molecule has 0 bridgehead atoms. The third-order valence-corrected chi connectivity index (χ3v) is 4.80. The molecule has 6 nitrogen and oxygen atoms in total. The van der Waals surface area contributed by atoms with Crippen LogP contribution in [0.2, 0.25) is 0 Å². The largest absolute Gasteiger partial charge is 0.496 e. The molecule has 0 saturated carbocycles. The molecular formula is C16H22BBrN2O4. The Labute approximate surface area is 152 Å². The summed E-state index contributed by atoms with van der Waals surface area (Å²) in [5.74, 6) is -1.01. The van der Waals surface area contributed by atoms with Crippen LogP contribution in [0.15, 0.2) is 18.3 Å². The lowest BCUT2D eigenvalue weighted by molar-refractivity contribution is 0.00578. The molecule has 3 heterocycles. The first-order valence-corrected chi connectivity index (χ1v) is 7.76. The van der Waals surface area contributed by atoms with E-state index in [1.165, 1.54) is 0 Å². The summed E-state index contributed by atoms with van der Waals surface area (Å²) < 4.78 is 13.9. The molecule has 0 spiro atoms. The summed E-state index contributed by atoms with van der Waals surface area (Å²) in [6.07, 6.45) is 2.44. The number of carbonyl (C=O) groups is 1. The molecule has 0 aliphatic carbocycles. The van der Waals surface area contributed by atoms with Crippen LogP contribution in [-0.2, 0) is 15.7 Å². The van der Waals surface area contributed by atoms with Gasteiger partial charge in [0.1, 0.15) is 5.65 Å². The monoisotopic (exact) mass is 396 g/mol. The number of pyridine rings is 1. The highest BCUT2D eigenvalue weighted by atomic mass is 79.9. The highest BCUT2D eigenvalue weighted by molar-refractivity contribution is 8.93. The summed E-state index contributed by atoms with van der Waals surface area (Å²) in [5, 5.41) is 9.29. The van der Waals surface area contributed by atoms with Crippen molar-refractivity contribution in [1.29, 1.82) is 0 Å². The lowest BCUT2D eigenvalue weighted by atomic mass is 9.80. The smallest absolute Gasteiger partial charge is 0.476 e. The Morgan fingerprint density at radius 3 is 2.33 bits per heavy atom. The van der Waals surface area contributed by atoms with E-state index in [2.05, 4.69) is 4.98 Å². The van der Waals surface area contributed by atoms with Crippen LogP contribution in [0.1, 0.15) is 50.8 Å². The fourth-order valence-electron chi connectivity index (χ4n) is 2.74. The van der Waals surface area contributed by atoms with Crippen molar-refractivity contribution >= 4 is 41.2 Å². The van der Waals surface area contributed by atoms with Crippen molar-refractivity contribution in [3.8, 4) is 0 Å². The molecule has 0 radical (unpaired) electrons. The molecule has 8 heteroatoms. The standard InChI is InChI=1S/C16H21BN2O4.BrH/c1-6-11-13(14(20)21)18-12-8-7-10(9-19(11)12)17-22-15(2,3)16(4,5)23-17;/h7-9H,6H2,1-5H3,(H,20,21);1H. The summed E-state index contributed by atoms with van der Waals surface area (Å²) in [6.45, 7) is 9.92. The van der Waals surface area contributed by atoms with E-state index >= 15 is 0 Å². The average Bonchev–Trinajstić information content (AvgIpc) is 2.92. The first-order valence-electron chi connectivity index (χ1n) is 7.76. The fourth-order valence-corrected chi connectivity index (χ4v) is 2.74. The van der Waals surface area contributed by atoms with Crippen LogP contribution < -0.4 is 5.46 Å². The number of carboxylic acids is 1. The van der Waals surface area contributed by atoms with Crippen LogP contribution in [0, 0.1) is 0 Å². The number of rotatable bonds is 3. The van der Waals surface area contributed by atoms with Gasteiger partial charge < -0.3 is 18.8 Å². The molecule has 1 saturated heterocycles. The van der Waals surface area contributed by atoms with Gasteiger partial charge in [-0.25, -0.2) is 9.78 Å². The van der Waals surface area contributed by atoms with Gasteiger partial charge in [0.2, 0.25) is 0 Å². The molecule has 1 aliphatic heterocycles. The molecule has 1 fully saturated rings. The minimum atomic E-state index is -1.01. The van der Waals surface area contributed by atoms with Gasteiger partial charge in [-0.3, -0.25) is 0 Å². The normalized spacial score (nSPS) is 18.6. The van der Waals surface area contributed by atoms with E-state index in [1.807, 2.05) is 51.3 Å². The van der Waals surface area contributed by atoms with Crippen LogP contribution in [0.4, 0.5) is 0 Å². The van der Waals surface area contributed by atoms with Gasteiger partial charge in [-0.2, -0.15) is 0 Å². The molecule has 0 atom stereocenters. The minimum absolute atomic E-state index is 0. The summed E-state index contributed by atoms with van der Waals surface area (Å²) in [7, 11) is -0.482. The summed E-state index contributed by atoms with van der Waals surface area (Å²) >= 11 is 0. The van der Waals surface area contributed by atoms with Gasteiger partial charge in [0.15, 0.2) is 5.69 Å². The van der Waals surface area contributed by atoms with Gasteiger partial charge in [0, 0.05) is 6.20 Å². The Hall–Kier alpha value is -1.38. The van der Waals surface area contributed by atoms with Crippen molar-refractivity contribution < 1.29 is 19.2 Å². The molecule has 1 aliphatic rings. The van der Waals surface area contributed by atoms with E-state index in [0.717, 1.165) is 5.46 Å². The number of carboxylic acid groups (broad SMARTS) is 1. The number of aromatic nitrogens is 2. The van der Waals surface area contributed by atoms with E-state index < -0.39 is 24.3 Å². The number of halogens is 1. The van der Waals surface area contributed by atoms with Gasteiger partial charge in [0.05, 0.1) is 16.9 Å². The average molecular weight is 397 g/mol. The number of fused-ring (bicyclic) bond motifs is 1. The van der Waals surface area contributed by atoms with E-state index in [1.54, 1.807) is 6.07 Å². The van der Waals surface area contributed by atoms with Crippen LogP contribution in [0.25, 0.3) is 5.65 Å². The van der Waals surface area contributed by atoms with Gasteiger partial charge >= 0.3 is 13.1 Å². The zero-order valence-electron chi connectivity index (χ0n) is 14.5. The van der Waals surface area contributed by atoms with Crippen molar-refractivity contribution in [2.75, 3.05) is 0 Å². The van der Waals surface area contributed by atoms with E-state index in [9.17, 15) is 9.90 Å². The second-order valence-corrected chi connectivity index (χ2v) is 6.84. The summed E-state index contributed by atoms with van der Waals surface area (Å²) in [5.41, 5.74) is 1.40. The molecule has 0 unspecified atom stereocenters. The number of hydrogen-bond acceptors (Lipinski definition) is 4. The van der Waals surface area contributed by atoms with E-state index in [4.69, 9.17) is 9.31 Å². The zero-order chi connectivity index (χ0) is 17.0. The molecule has 1 N–H and O–H groups in total. The number of aromatic carboxylic acids is 1. The maximum Gasteiger partial charge on any atom is 0.496 e. The van der Waals surface area contributed by atoms with Crippen LogP contribution >= 0.6 is 17.0 Å². The van der Waals surface area contributed by atoms with Crippen molar-refractivity contribution in [1.82, 2.24) is 9.38 Å². The zero-order valence-corrected chi connectivity index (χ0v) is 16.2. The molecule has 0 aromatic carbocycles. The minimum Gasteiger partial charge on any atom is -0.476 e. The van der Waals surface area contributed by atoms with Gasteiger partial charge in [0.25, 0.3) is 0 Å². The predicted molar refractivity (Wildman–Crippen MR) is 97.6 cm³/mol. The Morgan fingerprint density at radius 1 is 1.25 bits per heavy atom. The molecule has 3 rings (SSSR count). The lowest BCUT2D eigenvalue weighted by Gasteiger charge is -2.32. The molecule has 130 valence electrons. The quantitative estimate of drug-likeness (QED) is 0.806. The second-order valence-electron chi connectivity index (χ2n) is 6.84. The Balaban J connectivity index is 0.00000208.